The Morgan fingerprint density at radius 1 is 1.30 bits per heavy atom. The summed E-state index contributed by atoms with van der Waals surface area (Å²) in [7, 11) is 1.89. The highest BCUT2D eigenvalue weighted by atomic mass is 16.5. The number of fused-ring (bicyclic) bond motifs is 1. The maximum absolute atomic E-state index is 5.52. The first-order valence-electron chi connectivity index (χ1n) is 7.11. The molecule has 0 atom stereocenters. The van der Waals surface area contributed by atoms with Gasteiger partial charge in [-0.25, -0.2) is 4.98 Å². The lowest BCUT2D eigenvalue weighted by atomic mass is 10.1. The molecule has 20 heavy (non-hydrogen) atoms. The van der Waals surface area contributed by atoms with Gasteiger partial charge in [0.25, 0.3) is 0 Å². The van der Waals surface area contributed by atoms with Gasteiger partial charge in [0.05, 0.1) is 6.61 Å². The number of hydrogen-bond donors (Lipinski definition) is 1. The maximum atomic E-state index is 5.52. The average molecular weight is 272 g/mol. The Labute approximate surface area is 119 Å². The maximum Gasteiger partial charge on any atom is 0.151 e. The Morgan fingerprint density at radius 2 is 2.20 bits per heavy atom. The fraction of sp³-hybridized carbons (Fsp3) is 0.467. The van der Waals surface area contributed by atoms with Crippen LogP contribution in [0.4, 0.5) is 0 Å². The van der Waals surface area contributed by atoms with Crippen LogP contribution >= 0.6 is 0 Å². The normalized spacial score (nSPS) is 13.2. The van der Waals surface area contributed by atoms with E-state index in [2.05, 4.69) is 33.6 Å². The Kier molecular flexibility index (Phi) is 3.97. The largest absolute Gasteiger partial charge is 0.493 e. The minimum absolute atomic E-state index is 0.827. The number of ether oxygens (including phenoxy) is 1. The number of aromatic nitrogens is 3. The molecular weight excluding hydrogens is 252 g/mol. The standard InChI is InChI=1S/C15H20N4O/c1-19-11-17-15(18-19)5-8-16-7-4-12-2-3-14-13(10-12)6-9-20-14/h2-3,10-11,16H,4-9H2,1H3. The third-order valence-corrected chi connectivity index (χ3v) is 3.52. The second-order valence-electron chi connectivity index (χ2n) is 5.13. The van der Waals surface area contributed by atoms with Crippen LogP contribution in [0.3, 0.4) is 0 Å². The molecule has 106 valence electrons. The molecule has 2 aromatic rings. The van der Waals surface area contributed by atoms with Crippen LogP contribution in [0, 0.1) is 0 Å². The summed E-state index contributed by atoms with van der Waals surface area (Å²) in [6.45, 7) is 2.72. The summed E-state index contributed by atoms with van der Waals surface area (Å²) >= 11 is 0. The topological polar surface area (TPSA) is 52.0 Å². The Hall–Kier alpha value is -1.88. The van der Waals surface area contributed by atoms with Gasteiger partial charge < -0.3 is 10.1 Å². The Morgan fingerprint density at radius 3 is 3.05 bits per heavy atom. The van der Waals surface area contributed by atoms with E-state index < -0.39 is 0 Å². The molecule has 0 saturated heterocycles. The molecule has 0 radical (unpaired) electrons. The molecule has 0 bridgehead atoms. The van der Waals surface area contributed by atoms with Crippen LogP contribution in [-0.4, -0.2) is 34.5 Å². The average Bonchev–Trinajstić information content (AvgIpc) is 3.06. The molecule has 1 N–H and O–H groups in total. The van der Waals surface area contributed by atoms with Gasteiger partial charge in [-0.2, -0.15) is 5.10 Å². The van der Waals surface area contributed by atoms with Crippen molar-refractivity contribution >= 4 is 0 Å². The van der Waals surface area contributed by atoms with E-state index in [0.717, 1.165) is 50.5 Å². The zero-order valence-electron chi connectivity index (χ0n) is 11.8. The van der Waals surface area contributed by atoms with Crippen LogP contribution in [0.2, 0.25) is 0 Å². The first-order chi connectivity index (χ1) is 9.81. The number of rotatable bonds is 6. The highest BCUT2D eigenvalue weighted by Crippen LogP contribution is 2.25. The van der Waals surface area contributed by atoms with E-state index >= 15 is 0 Å². The van der Waals surface area contributed by atoms with Crippen molar-refractivity contribution in [3.05, 3.63) is 41.5 Å². The Bertz CT molecular complexity index is 579. The summed E-state index contributed by atoms with van der Waals surface area (Å²) in [5.74, 6) is 1.96. The van der Waals surface area contributed by atoms with Crippen molar-refractivity contribution in [2.75, 3.05) is 19.7 Å². The summed E-state index contributed by atoms with van der Waals surface area (Å²) in [6, 6.07) is 6.52. The molecule has 5 nitrogen and oxygen atoms in total. The van der Waals surface area contributed by atoms with Crippen molar-refractivity contribution in [3.8, 4) is 5.75 Å². The van der Waals surface area contributed by atoms with Gasteiger partial charge in [0.2, 0.25) is 0 Å². The van der Waals surface area contributed by atoms with Crippen molar-refractivity contribution in [2.24, 2.45) is 7.05 Å². The number of benzene rings is 1. The number of aryl methyl sites for hydroxylation is 1. The van der Waals surface area contributed by atoms with Gasteiger partial charge in [-0.15, -0.1) is 0 Å². The van der Waals surface area contributed by atoms with E-state index in [0.29, 0.717) is 0 Å². The molecule has 1 aromatic heterocycles. The number of hydrogen-bond acceptors (Lipinski definition) is 4. The minimum Gasteiger partial charge on any atom is -0.493 e. The molecule has 0 amide bonds. The van der Waals surface area contributed by atoms with Gasteiger partial charge in [-0.05, 0) is 30.2 Å². The summed E-state index contributed by atoms with van der Waals surface area (Å²) in [5, 5.41) is 7.70. The van der Waals surface area contributed by atoms with Crippen molar-refractivity contribution in [3.63, 3.8) is 0 Å². The lowest BCUT2D eigenvalue weighted by Gasteiger charge is -2.05. The first-order valence-corrected chi connectivity index (χ1v) is 7.11. The van der Waals surface area contributed by atoms with E-state index in [-0.39, 0.29) is 0 Å². The van der Waals surface area contributed by atoms with E-state index in [1.54, 1.807) is 11.0 Å². The molecule has 5 heteroatoms. The molecule has 0 saturated carbocycles. The van der Waals surface area contributed by atoms with Gasteiger partial charge in [0.15, 0.2) is 5.82 Å². The predicted octanol–water partition coefficient (Wildman–Crippen LogP) is 1.12. The highest BCUT2D eigenvalue weighted by Gasteiger charge is 2.11. The van der Waals surface area contributed by atoms with Crippen LogP contribution in [0.1, 0.15) is 17.0 Å². The summed E-state index contributed by atoms with van der Waals surface area (Å²) in [5.41, 5.74) is 2.72. The molecule has 1 aromatic carbocycles. The molecule has 0 fully saturated rings. The summed E-state index contributed by atoms with van der Waals surface area (Å²) in [6.07, 6.45) is 4.70. The fourth-order valence-electron chi connectivity index (χ4n) is 2.45. The molecule has 1 aliphatic rings. The monoisotopic (exact) mass is 272 g/mol. The quantitative estimate of drug-likeness (QED) is 0.801. The Balaban J connectivity index is 1.39. The predicted molar refractivity (Wildman–Crippen MR) is 76.9 cm³/mol. The van der Waals surface area contributed by atoms with E-state index in [4.69, 9.17) is 4.74 Å². The van der Waals surface area contributed by atoms with Crippen LogP contribution in [0.5, 0.6) is 5.75 Å². The summed E-state index contributed by atoms with van der Waals surface area (Å²) in [4.78, 5) is 4.21. The van der Waals surface area contributed by atoms with Gasteiger partial charge in [-0.1, -0.05) is 12.1 Å². The third kappa shape index (κ3) is 3.17. The molecule has 0 spiro atoms. The smallest absolute Gasteiger partial charge is 0.151 e. The van der Waals surface area contributed by atoms with E-state index in [1.165, 1.54) is 11.1 Å². The van der Waals surface area contributed by atoms with Crippen LogP contribution in [0.25, 0.3) is 0 Å². The van der Waals surface area contributed by atoms with Crippen molar-refractivity contribution < 1.29 is 4.74 Å². The zero-order valence-corrected chi connectivity index (χ0v) is 11.8. The lowest BCUT2D eigenvalue weighted by Crippen LogP contribution is -2.20. The second-order valence-corrected chi connectivity index (χ2v) is 5.13. The van der Waals surface area contributed by atoms with Gasteiger partial charge in [0.1, 0.15) is 12.1 Å². The molecule has 1 aliphatic heterocycles. The number of nitrogens with zero attached hydrogens (tertiary/aromatic N) is 3. The fourth-order valence-corrected chi connectivity index (χ4v) is 2.45. The van der Waals surface area contributed by atoms with E-state index in [9.17, 15) is 0 Å². The molecule has 0 unspecified atom stereocenters. The summed E-state index contributed by atoms with van der Waals surface area (Å²) < 4.78 is 7.25. The molecule has 2 heterocycles. The van der Waals surface area contributed by atoms with Gasteiger partial charge >= 0.3 is 0 Å². The SMILES string of the molecule is Cn1cnc(CCNCCc2ccc3c(c2)CCO3)n1. The van der Waals surface area contributed by atoms with Crippen LogP contribution < -0.4 is 10.1 Å². The first kappa shape index (κ1) is 13.1. The van der Waals surface area contributed by atoms with Crippen molar-refractivity contribution in [1.82, 2.24) is 20.1 Å². The lowest BCUT2D eigenvalue weighted by molar-refractivity contribution is 0.357. The zero-order chi connectivity index (χ0) is 13.8. The minimum atomic E-state index is 0.827. The molecular formula is C15H20N4O. The molecule has 3 rings (SSSR count). The van der Waals surface area contributed by atoms with Crippen LogP contribution in [0.15, 0.2) is 24.5 Å². The van der Waals surface area contributed by atoms with E-state index in [1.807, 2.05) is 7.05 Å². The molecule has 0 aliphatic carbocycles. The second kappa shape index (κ2) is 6.05. The van der Waals surface area contributed by atoms with Gasteiger partial charge in [-0.3, -0.25) is 4.68 Å². The highest BCUT2D eigenvalue weighted by molar-refractivity contribution is 5.39. The van der Waals surface area contributed by atoms with Crippen molar-refractivity contribution in [1.29, 1.82) is 0 Å². The van der Waals surface area contributed by atoms with Gasteiger partial charge in [0, 0.05) is 26.4 Å². The van der Waals surface area contributed by atoms with Crippen molar-refractivity contribution in [2.45, 2.75) is 19.3 Å². The van der Waals surface area contributed by atoms with Crippen LogP contribution in [-0.2, 0) is 26.3 Å². The third-order valence-electron chi connectivity index (χ3n) is 3.52. The number of nitrogens with one attached hydrogen (secondary N) is 1.